The van der Waals surface area contributed by atoms with Gasteiger partial charge < -0.3 is 5.73 Å². The van der Waals surface area contributed by atoms with E-state index in [1.807, 2.05) is 12.1 Å². The molecule has 0 amide bonds. The third-order valence-electron chi connectivity index (χ3n) is 4.26. The van der Waals surface area contributed by atoms with Crippen molar-refractivity contribution in [2.45, 2.75) is 43.6 Å². The first-order chi connectivity index (χ1) is 7.67. The van der Waals surface area contributed by atoms with Crippen molar-refractivity contribution in [1.29, 1.82) is 0 Å². The van der Waals surface area contributed by atoms with Gasteiger partial charge in [0.25, 0.3) is 0 Å². The Labute approximate surface area is 102 Å². The number of hydrogen-bond acceptors (Lipinski definition) is 1. The molecule has 0 bridgehead atoms. The standard InChI is InChI=1S/C14H18ClN/c15-12-6-2-5-11(7-12)13-9-14(13,16)8-10-3-1-4-10/h2,5-7,10,13H,1,3-4,8-9,16H2. The van der Waals surface area contributed by atoms with Gasteiger partial charge in [0.2, 0.25) is 0 Å². The molecule has 2 atom stereocenters. The Balaban J connectivity index is 1.69. The third-order valence-corrected chi connectivity index (χ3v) is 4.50. The number of nitrogens with two attached hydrogens (primary N) is 1. The minimum absolute atomic E-state index is 0.0791. The quantitative estimate of drug-likeness (QED) is 0.849. The van der Waals surface area contributed by atoms with Gasteiger partial charge in [-0.3, -0.25) is 0 Å². The van der Waals surface area contributed by atoms with Crippen molar-refractivity contribution in [2.75, 3.05) is 0 Å². The molecule has 1 nitrogen and oxygen atoms in total. The summed E-state index contributed by atoms with van der Waals surface area (Å²) in [7, 11) is 0. The fourth-order valence-electron chi connectivity index (χ4n) is 2.95. The molecular weight excluding hydrogens is 218 g/mol. The molecule has 0 saturated heterocycles. The zero-order valence-corrected chi connectivity index (χ0v) is 10.2. The second kappa shape index (κ2) is 3.75. The molecule has 0 spiro atoms. The lowest BCUT2D eigenvalue weighted by Gasteiger charge is -2.28. The van der Waals surface area contributed by atoms with Crippen molar-refractivity contribution < 1.29 is 0 Å². The van der Waals surface area contributed by atoms with E-state index >= 15 is 0 Å². The molecule has 2 aliphatic carbocycles. The molecule has 2 heteroatoms. The first-order valence-corrected chi connectivity index (χ1v) is 6.59. The SMILES string of the molecule is NC1(CC2CCC2)CC1c1cccc(Cl)c1. The summed E-state index contributed by atoms with van der Waals surface area (Å²) in [5.41, 5.74) is 7.85. The van der Waals surface area contributed by atoms with Gasteiger partial charge in [0.1, 0.15) is 0 Å². The second-order valence-corrected chi connectivity index (χ2v) is 5.98. The van der Waals surface area contributed by atoms with Gasteiger partial charge >= 0.3 is 0 Å². The maximum absolute atomic E-state index is 6.44. The van der Waals surface area contributed by atoms with Crippen molar-refractivity contribution in [1.82, 2.24) is 0 Å². The molecule has 2 saturated carbocycles. The Bertz CT molecular complexity index is 399. The Hall–Kier alpha value is -0.530. The van der Waals surface area contributed by atoms with Crippen molar-refractivity contribution in [3.05, 3.63) is 34.9 Å². The molecule has 0 aliphatic heterocycles. The maximum atomic E-state index is 6.44. The van der Waals surface area contributed by atoms with Crippen molar-refractivity contribution in [3.8, 4) is 0 Å². The van der Waals surface area contributed by atoms with Crippen molar-refractivity contribution in [3.63, 3.8) is 0 Å². The number of rotatable bonds is 3. The largest absolute Gasteiger partial charge is 0.325 e. The molecule has 2 aliphatic rings. The monoisotopic (exact) mass is 235 g/mol. The molecule has 0 aromatic heterocycles. The maximum Gasteiger partial charge on any atom is 0.0408 e. The van der Waals surface area contributed by atoms with Crippen molar-refractivity contribution >= 4 is 11.6 Å². The molecular formula is C14H18ClN. The highest BCUT2D eigenvalue weighted by molar-refractivity contribution is 6.30. The van der Waals surface area contributed by atoms with Gasteiger partial charge in [-0.2, -0.15) is 0 Å². The number of benzene rings is 1. The summed E-state index contributed by atoms with van der Waals surface area (Å²) in [5, 5.41) is 0.829. The zero-order chi connectivity index (χ0) is 11.2. The highest BCUT2D eigenvalue weighted by atomic mass is 35.5. The van der Waals surface area contributed by atoms with Gasteiger partial charge in [0.05, 0.1) is 0 Å². The molecule has 0 heterocycles. The lowest BCUT2D eigenvalue weighted by Crippen LogP contribution is -2.30. The van der Waals surface area contributed by atoms with Crippen molar-refractivity contribution in [2.24, 2.45) is 11.7 Å². The Morgan fingerprint density at radius 3 is 2.81 bits per heavy atom. The van der Waals surface area contributed by atoms with Crippen LogP contribution in [-0.2, 0) is 0 Å². The van der Waals surface area contributed by atoms with Gasteiger partial charge in [0.15, 0.2) is 0 Å². The van der Waals surface area contributed by atoms with E-state index in [1.165, 1.54) is 31.2 Å². The van der Waals surface area contributed by atoms with Gasteiger partial charge in [-0.25, -0.2) is 0 Å². The molecule has 1 aromatic rings. The van der Waals surface area contributed by atoms with E-state index in [0.717, 1.165) is 17.4 Å². The van der Waals surface area contributed by atoms with Crippen LogP contribution < -0.4 is 5.73 Å². The minimum atomic E-state index is 0.0791. The van der Waals surface area contributed by atoms with E-state index in [-0.39, 0.29) is 5.54 Å². The van der Waals surface area contributed by atoms with Crippen LogP contribution in [0.25, 0.3) is 0 Å². The van der Waals surface area contributed by atoms with Crippen LogP contribution >= 0.6 is 11.6 Å². The molecule has 3 rings (SSSR count). The van der Waals surface area contributed by atoms with Crippen LogP contribution in [0.4, 0.5) is 0 Å². The first kappa shape index (κ1) is 10.6. The van der Waals surface area contributed by atoms with E-state index in [1.54, 1.807) is 0 Å². The lowest BCUT2D eigenvalue weighted by molar-refractivity contribution is 0.267. The smallest absolute Gasteiger partial charge is 0.0408 e. The predicted octanol–water partition coefficient (Wildman–Crippen LogP) is 3.72. The fourth-order valence-corrected chi connectivity index (χ4v) is 3.15. The summed E-state index contributed by atoms with van der Waals surface area (Å²) in [6.07, 6.45) is 6.54. The van der Waals surface area contributed by atoms with Gasteiger partial charge in [-0.15, -0.1) is 0 Å². The minimum Gasteiger partial charge on any atom is -0.325 e. The summed E-state index contributed by atoms with van der Waals surface area (Å²) in [6.45, 7) is 0. The molecule has 86 valence electrons. The van der Waals surface area contributed by atoms with E-state index < -0.39 is 0 Å². The summed E-state index contributed by atoms with van der Waals surface area (Å²) < 4.78 is 0. The van der Waals surface area contributed by atoms with Crippen LogP contribution in [0, 0.1) is 5.92 Å². The van der Waals surface area contributed by atoms with Crippen LogP contribution in [0.3, 0.4) is 0 Å². The highest BCUT2D eigenvalue weighted by Gasteiger charge is 2.52. The van der Waals surface area contributed by atoms with Crippen LogP contribution in [0.2, 0.25) is 5.02 Å². The fraction of sp³-hybridized carbons (Fsp3) is 0.571. The Morgan fingerprint density at radius 2 is 2.19 bits per heavy atom. The van der Waals surface area contributed by atoms with Crippen LogP contribution in [0.15, 0.2) is 24.3 Å². The summed E-state index contributed by atoms with van der Waals surface area (Å²) in [5.74, 6) is 1.45. The van der Waals surface area contributed by atoms with E-state index in [2.05, 4.69) is 12.1 Å². The molecule has 2 unspecified atom stereocenters. The Kier molecular flexibility index (Phi) is 2.49. The zero-order valence-electron chi connectivity index (χ0n) is 9.45. The van der Waals surface area contributed by atoms with Gasteiger partial charge in [-0.05, 0) is 36.5 Å². The average Bonchev–Trinajstić information content (AvgIpc) is 2.86. The Morgan fingerprint density at radius 1 is 1.38 bits per heavy atom. The molecule has 1 aromatic carbocycles. The summed E-state index contributed by atoms with van der Waals surface area (Å²) in [4.78, 5) is 0. The summed E-state index contributed by atoms with van der Waals surface area (Å²) >= 11 is 6.01. The van der Waals surface area contributed by atoms with E-state index in [0.29, 0.717) is 5.92 Å². The number of halogens is 1. The molecule has 2 N–H and O–H groups in total. The lowest BCUT2D eigenvalue weighted by atomic mass is 9.79. The third kappa shape index (κ3) is 1.87. The topological polar surface area (TPSA) is 26.0 Å². The van der Waals surface area contributed by atoms with E-state index in [4.69, 9.17) is 17.3 Å². The van der Waals surface area contributed by atoms with Crippen LogP contribution in [-0.4, -0.2) is 5.54 Å². The van der Waals surface area contributed by atoms with Crippen LogP contribution in [0.1, 0.15) is 43.6 Å². The molecule has 0 radical (unpaired) electrons. The summed E-state index contributed by atoms with van der Waals surface area (Å²) in [6, 6.07) is 8.19. The predicted molar refractivity (Wildman–Crippen MR) is 67.7 cm³/mol. The normalized spacial score (nSPS) is 33.5. The highest BCUT2D eigenvalue weighted by Crippen LogP contribution is 2.55. The first-order valence-electron chi connectivity index (χ1n) is 6.22. The average molecular weight is 236 g/mol. The van der Waals surface area contributed by atoms with Gasteiger partial charge in [-0.1, -0.05) is 43.0 Å². The second-order valence-electron chi connectivity index (χ2n) is 5.55. The molecule has 16 heavy (non-hydrogen) atoms. The van der Waals surface area contributed by atoms with Gasteiger partial charge in [0, 0.05) is 16.5 Å². The molecule has 2 fully saturated rings. The van der Waals surface area contributed by atoms with Crippen LogP contribution in [0.5, 0.6) is 0 Å². The van der Waals surface area contributed by atoms with E-state index in [9.17, 15) is 0 Å². The number of hydrogen-bond donors (Lipinski definition) is 1.